The maximum atomic E-state index is 12.1. The average Bonchev–Trinajstić information content (AvgIpc) is 2.45. The number of amides is 1. The van der Waals surface area contributed by atoms with Gasteiger partial charge in [-0.15, -0.1) is 0 Å². The van der Waals surface area contributed by atoms with E-state index >= 15 is 0 Å². The van der Waals surface area contributed by atoms with Crippen LogP contribution < -0.4 is 5.32 Å². The molecule has 21 heavy (non-hydrogen) atoms. The fourth-order valence-electron chi connectivity index (χ4n) is 1.81. The molecule has 2 aromatic rings. The molecule has 0 unspecified atom stereocenters. The Kier molecular flexibility index (Phi) is 4.55. The third-order valence-electron chi connectivity index (χ3n) is 2.93. The summed E-state index contributed by atoms with van der Waals surface area (Å²) in [5, 5.41) is 12.1. The van der Waals surface area contributed by atoms with Gasteiger partial charge in [0.25, 0.3) is 5.91 Å². The molecule has 0 aliphatic heterocycles. The minimum absolute atomic E-state index is 0.0291. The molecule has 2 N–H and O–H groups in total. The second kappa shape index (κ2) is 6.37. The summed E-state index contributed by atoms with van der Waals surface area (Å²) in [6, 6.07) is 8.06. The van der Waals surface area contributed by atoms with E-state index < -0.39 is 5.97 Å². The summed E-state index contributed by atoms with van der Waals surface area (Å²) in [5.74, 6) is -1.30. The van der Waals surface area contributed by atoms with Crippen molar-refractivity contribution in [1.29, 1.82) is 0 Å². The summed E-state index contributed by atoms with van der Waals surface area (Å²) in [7, 11) is 0. The van der Waals surface area contributed by atoms with Crippen LogP contribution in [0.3, 0.4) is 0 Å². The molecular weight excluding hydrogens is 292 g/mol. The summed E-state index contributed by atoms with van der Waals surface area (Å²) < 4.78 is 0. The molecule has 0 saturated heterocycles. The van der Waals surface area contributed by atoms with E-state index in [0.29, 0.717) is 10.6 Å². The van der Waals surface area contributed by atoms with Crippen LogP contribution >= 0.6 is 11.6 Å². The van der Waals surface area contributed by atoms with Crippen molar-refractivity contribution < 1.29 is 14.7 Å². The minimum atomic E-state index is -1.08. The minimum Gasteiger partial charge on any atom is -0.477 e. The Morgan fingerprint density at radius 1 is 1.29 bits per heavy atom. The maximum absolute atomic E-state index is 12.1. The number of carbonyl (C=O) groups is 2. The van der Waals surface area contributed by atoms with Crippen LogP contribution in [0.15, 0.2) is 36.5 Å². The van der Waals surface area contributed by atoms with Gasteiger partial charge in [0.05, 0.1) is 0 Å². The van der Waals surface area contributed by atoms with E-state index in [9.17, 15) is 9.59 Å². The molecule has 6 heteroatoms. The Balaban J connectivity index is 2.02. The SMILES string of the molecule is Cc1cc(Cl)ccc1C(=O)NCc1ccc(C(=O)O)nc1. The number of rotatable bonds is 4. The average molecular weight is 305 g/mol. The lowest BCUT2D eigenvalue weighted by molar-refractivity contribution is 0.0690. The molecule has 1 aromatic carbocycles. The van der Waals surface area contributed by atoms with Crippen LogP contribution in [0.2, 0.25) is 5.02 Å². The Morgan fingerprint density at radius 2 is 2.05 bits per heavy atom. The fourth-order valence-corrected chi connectivity index (χ4v) is 2.04. The van der Waals surface area contributed by atoms with Crippen LogP contribution in [-0.4, -0.2) is 22.0 Å². The summed E-state index contributed by atoms with van der Waals surface area (Å²) in [5.41, 5.74) is 2.03. The number of aryl methyl sites for hydroxylation is 1. The number of nitrogens with one attached hydrogen (secondary N) is 1. The number of pyridine rings is 1. The number of halogens is 1. The molecule has 0 spiro atoms. The lowest BCUT2D eigenvalue weighted by Gasteiger charge is -2.08. The third kappa shape index (κ3) is 3.79. The predicted octanol–water partition coefficient (Wildman–Crippen LogP) is 2.67. The van der Waals surface area contributed by atoms with Crippen LogP contribution in [0.1, 0.15) is 32.0 Å². The highest BCUT2D eigenvalue weighted by atomic mass is 35.5. The number of hydrogen-bond donors (Lipinski definition) is 2. The van der Waals surface area contributed by atoms with E-state index in [0.717, 1.165) is 11.1 Å². The highest BCUT2D eigenvalue weighted by Gasteiger charge is 2.09. The van der Waals surface area contributed by atoms with E-state index in [2.05, 4.69) is 10.3 Å². The molecular formula is C15H13ClN2O3. The lowest BCUT2D eigenvalue weighted by Crippen LogP contribution is -2.23. The number of carboxylic acid groups (broad SMARTS) is 1. The quantitative estimate of drug-likeness (QED) is 0.910. The van der Waals surface area contributed by atoms with Crippen molar-refractivity contribution in [1.82, 2.24) is 10.3 Å². The van der Waals surface area contributed by atoms with Crippen molar-refractivity contribution in [3.05, 3.63) is 63.9 Å². The molecule has 0 aliphatic carbocycles. The van der Waals surface area contributed by atoms with Crippen LogP contribution in [0, 0.1) is 6.92 Å². The van der Waals surface area contributed by atoms with E-state index in [1.165, 1.54) is 12.3 Å². The van der Waals surface area contributed by atoms with Gasteiger partial charge in [-0.3, -0.25) is 4.79 Å². The highest BCUT2D eigenvalue weighted by Crippen LogP contribution is 2.15. The first kappa shape index (κ1) is 15.0. The molecule has 108 valence electrons. The van der Waals surface area contributed by atoms with Gasteiger partial charge in [0.1, 0.15) is 5.69 Å². The largest absolute Gasteiger partial charge is 0.477 e. The molecule has 0 atom stereocenters. The topological polar surface area (TPSA) is 79.3 Å². The van der Waals surface area contributed by atoms with Gasteiger partial charge >= 0.3 is 5.97 Å². The zero-order valence-electron chi connectivity index (χ0n) is 11.3. The van der Waals surface area contributed by atoms with E-state index in [1.54, 1.807) is 24.3 Å². The van der Waals surface area contributed by atoms with Crippen molar-refractivity contribution in [3.8, 4) is 0 Å². The molecule has 1 aromatic heterocycles. The van der Waals surface area contributed by atoms with Gasteiger partial charge in [0.2, 0.25) is 0 Å². The van der Waals surface area contributed by atoms with Gasteiger partial charge in [-0.2, -0.15) is 0 Å². The summed E-state index contributed by atoms with van der Waals surface area (Å²) in [6.07, 6.45) is 1.43. The van der Waals surface area contributed by atoms with Crippen LogP contribution in [-0.2, 0) is 6.54 Å². The van der Waals surface area contributed by atoms with Crippen molar-refractivity contribution in [2.75, 3.05) is 0 Å². The molecule has 2 rings (SSSR count). The van der Waals surface area contributed by atoms with Crippen LogP contribution in [0.25, 0.3) is 0 Å². The smallest absolute Gasteiger partial charge is 0.354 e. The second-order valence-corrected chi connectivity index (χ2v) is 4.94. The number of carbonyl (C=O) groups excluding carboxylic acids is 1. The zero-order valence-corrected chi connectivity index (χ0v) is 12.0. The van der Waals surface area contributed by atoms with Crippen LogP contribution in [0.4, 0.5) is 0 Å². The summed E-state index contributed by atoms with van der Waals surface area (Å²) in [4.78, 5) is 26.5. The van der Waals surface area contributed by atoms with Crippen molar-refractivity contribution >= 4 is 23.5 Å². The molecule has 0 radical (unpaired) electrons. The summed E-state index contributed by atoms with van der Waals surface area (Å²) in [6.45, 7) is 2.08. The number of aromatic nitrogens is 1. The van der Waals surface area contributed by atoms with Crippen molar-refractivity contribution in [2.24, 2.45) is 0 Å². The Hall–Kier alpha value is -2.40. The van der Waals surface area contributed by atoms with Crippen molar-refractivity contribution in [2.45, 2.75) is 13.5 Å². The van der Waals surface area contributed by atoms with E-state index in [1.807, 2.05) is 6.92 Å². The van der Waals surface area contributed by atoms with Gasteiger partial charge in [0.15, 0.2) is 0 Å². The van der Waals surface area contributed by atoms with Gasteiger partial charge in [0, 0.05) is 23.3 Å². The first-order valence-corrected chi connectivity index (χ1v) is 6.58. The molecule has 0 aliphatic rings. The molecule has 0 bridgehead atoms. The van der Waals surface area contributed by atoms with Gasteiger partial charge < -0.3 is 10.4 Å². The first-order chi connectivity index (χ1) is 9.97. The maximum Gasteiger partial charge on any atom is 0.354 e. The monoisotopic (exact) mass is 304 g/mol. The van der Waals surface area contributed by atoms with E-state index in [-0.39, 0.29) is 18.1 Å². The molecule has 0 saturated carbocycles. The normalized spacial score (nSPS) is 10.2. The van der Waals surface area contributed by atoms with Gasteiger partial charge in [-0.1, -0.05) is 17.7 Å². The standard InChI is InChI=1S/C15H13ClN2O3/c1-9-6-11(16)3-4-12(9)14(19)18-8-10-2-5-13(15(20)21)17-7-10/h2-7H,8H2,1H3,(H,18,19)(H,20,21). The third-order valence-corrected chi connectivity index (χ3v) is 3.17. The Labute approximate surface area is 126 Å². The first-order valence-electron chi connectivity index (χ1n) is 6.20. The molecule has 1 heterocycles. The van der Waals surface area contributed by atoms with Crippen LogP contribution in [0.5, 0.6) is 0 Å². The second-order valence-electron chi connectivity index (χ2n) is 4.50. The van der Waals surface area contributed by atoms with Gasteiger partial charge in [-0.25, -0.2) is 9.78 Å². The number of carboxylic acids is 1. The fraction of sp³-hybridized carbons (Fsp3) is 0.133. The number of aromatic carboxylic acids is 1. The zero-order chi connectivity index (χ0) is 15.4. The van der Waals surface area contributed by atoms with E-state index in [4.69, 9.17) is 16.7 Å². The summed E-state index contributed by atoms with van der Waals surface area (Å²) >= 11 is 5.85. The number of nitrogens with zero attached hydrogens (tertiary/aromatic N) is 1. The Bertz CT molecular complexity index is 684. The predicted molar refractivity (Wildman–Crippen MR) is 78.6 cm³/mol. The molecule has 5 nitrogen and oxygen atoms in total. The van der Waals surface area contributed by atoms with Gasteiger partial charge in [-0.05, 0) is 42.3 Å². The lowest BCUT2D eigenvalue weighted by atomic mass is 10.1. The number of benzene rings is 1. The highest BCUT2D eigenvalue weighted by molar-refractivity contribution is 6.30. The van der Waals surface area contributed by atoms with Crippen molar-refractivity contribution in [3.63, 3.8) is 0 Å². The Morgan fingerprint density at radius 3 is 2.62 bits per heavy atom. The molecule has 0 fully saturated rings. The molecule has 1 amide bonds. The number of hydrogen-bond acceptors (Lipinski definition) is 3.